The summed E-state index contributed by atoms with van der Waals surface area (Å²) in [5.41, 5.74) is 0.139. The summed E-state index contributed by atoms with van der Waals surface area (Å²) in [5.74, 6) is -0.539. The van der Waals surface area contributed by atoms with Gasteiger partial charge in [-0.3, -0.25) is 0 Å². The predicted molar refractivity (Wildman–Crippen MR) is 92.2 cm³/mol. The topological polar surface area (TPSA) is 117 Å². The molecule has 3 heterocycles. The highest BCUT2D eigenvalue weighted by Gasteiger charge is 2.49. The number of urea groups is 1. The minimum absolute atomic E-state index is 0.139. The van der Waals surface area contributed by atoms with Crippen molar-refractivity contribution in [2.24, 2.45) is 0 Å². The Labute approximate surface area is 156 Å². The van der Waals surface area contributed by atoms with Crippen LogP contribution in [0.4, 0.5) is 4.79 Å². The van der Waals surface area contributed by atoms with Crippen LogP contribution in [0.3, 0.4) is 0 Å². The zero-order valence-electron chi connectivity index (χ0n) is 15.3. The number of nitrogens with one attached hydrogen (secondary N) is 2. The lowest BCUT2D eigenvalue weighted by Gasteiger charge is -2.24. The summed E-state index contributed by atoms with van der Waals surface area (Å²) in [6.45, 7) is 0.754. The van der Waals surface area contributed by atoms with E-state index in [1.807, 2.05) is 0 Å². The van der Waals surface area contributed by atoms with Gasteiger partial charge in [0.05, 0.1) is 32.6 Å². The van der Waals surface area contributed by atoms with Crippen molar-refractivity contribution in [3.05, 3.63) is 11.9 Å². The average molecular weight is 379 g/mol. The number of aromatic nitrogens is 3. The van der Waals surface area contributed by atoms with Crippen LogP contribution < -0.4 is 10.6 Å². The molecular weight excluding hydrogens is 354 g/mol. The van der Waals surface area contributed by atoms with Crippen LogP contribution in [0, 0.1) is 0 Å². The van der Waals surface area contributed by atoms with Crippen molar-refractivity contribution in [1.29, 1.82) is 0 Å². The fourth-order valence-corrected chi connectivity index (χ4v) is 4.11. The Bertz CT molecular complexity index is 689. The average Bonchev–Trinajstić information content (AvgIpc) is 3.39. The highest BCUT2D eigenvalue weighted by molar-refractivity contribution is 5.86. The third-order valence-corrected chi connectivity index (χ3v) is 5.53. The maximum atomic E-state index is 12.3. The lowest BCUT2D eigenvalue weighted by Crippen LogP contribution is -2.50. The minimum Gasteiger partial charge on any atom is -0.464 e. The number of nitrogens with zero attached hydrogens (tertiary/aromatic N) is 3. The van der Waals surface area contributed by atoms with E-state index in [1.54, 1.807) is 4.68 Å². The smallest absolute Gasteiger partial charge is 0.360 e. The van der Waals surface area contributed by atoms with Crippen molar-refractivity contribution in [1.82, 2.24) is 25.6 Å². The molecule has 148 valence electrons. The molecule has 1 aromatic rings. The van der Waals surface area contributed by atoms with Crippen molar-refractivity contribution in [3.8, 4) is 0 Å². The van der Waals surface area contributed by atoms with E-state index in [1.165, 1.54) is 32.6 Å². The van der Waals surface area contributed by atoms with Gasteiger partial charge in [-0.15, -0.1) is 5.10 Å². The van der Waals surface area contributed by atoms with E-state index in [0.717, 1.165) is 12.8 Å². The van der Waals surface area contributed by atoms with Crippen LogP contribution in [-0.4, -0.2) is 71.6 Å². The highest BCUT2D eigenvalue weighted by Crippen LogP contribution is 2.34. The van der Waals surface area contributed by atoms with Crippen molar-refractivity contribution in [2.45, 2.75) is 62.4 Å². The van der Waals surface area contributed by atoms with Gasteiger partial charge < -0.3 is 24.8 Å². The molecule has 4 rings (SSSR count). The van der Waals surface area contributed by atoms with Crippen LogP contribution in [0.5, 0.6) is 0 Å². The largest absolute Gasteiger partial charge is 0.464 e. The molecule has 1 aromatic heterocycles. The standard InChI is InChI=1S/C17H25N5O5/c1-25-16(23)11-7-22(21-20-11)13-9-27-14-12(8-26-15(13)14)19-17(24)18-10-5-3-2-4-6-10/h7,10,12-15H,2-6,8-9H2,1H3,(H2,18,19,24). The summed E-state index contributed by atoms with van der Waals surface area (Å²) >= 11 is 0. The molecule has 1 saturated carbocycles. The van der Waals surface area contributed by atoms with Gasteiger partial charge in [0.25, 0.3) is 0 Å². The normalized spacial score (nSPS) is 30.7. The van der Waals surface area contributed by atoms with Gasteiger partial charge in [-0.25, -0.2) is 14.3 Å². The summed E-state index contributed by atoms with van der Waals surface area (Å²) in [7, 11) is 1.30. The SMILES string of the molecule is COC(=O)c1cn(C2COC3C(NC(=O)NC4CCCCC4)COC32)nn1. The van der Waals surface area contributed by atoms with Gasteiger partial charge in [-0.2, -0.15) is 0 Å². The Balaban J connectivity index is 1.33. The van der Waals surface area contributed by atoms with E-state index < -0.39 is 5.97 Å². The molecule has 27 heavy (non-hydrogen) atoms. The number of carbonyl (C=O) groups is 2. The first-order chi connectivity index (χ1) is 13.2. The lowest BCUT2D eigenvalue weighted by atomic mass is 9.96. The molecule has 2 aliphatic heterocycles. The number of carbonyl (C=O) groups excluding carboxylic acids is 2. The molecule has 4 unspecified atom stereocenters. The Morgan fingerprint density at radius 3 is 2.70 bits per heavy atom. The number of hydrogen-bond acceptors (Lipinski definition) is 7. The summed E-state index contributed by atoms with van der Waals surface area (Å²) in [6, 6.07) is -0.334. The third-order valence-electron chi connectivity index (χ3n) is 5.53. The molecule has 2 amide bonds. The van der Waals surface area contributed by atoms with Crippen LogP contribution in [0.1, 0.15) is 48.6 Å². The second-order valence-corrected chi connectivity index (χ2v) is 7.30. The quantitative estimate of drug-likeness (QED) is 0.728. The summed E-state index contributed by atoms with van der Waals surface area (Å²) < 4.78 is 18.0. The molecule has 10 heteroatoms. The molecule has 0 aromatic carbocycles. The summed E-state index contributed by atoms with van der Waals surface area (Å²) in [4.78, 5) is 23.9. The Kier molecular flexibility index (Phi) is 5.26. The number of fused-ring (bicyclic) bond motifs is 1. The van der Waals surface area contributed by atoms with Crippen LogP contribution >= 0.6 is 0 Å². The minimum atomic E-state index is -0.539. The third kappa shape index (κ3) is 3.77. The molecule has 0 spiro atoms. The predicted octanol–water partition coefficient (Wildman–Crippen LogP) is 0.404. The molecule has 1 aliphatic carbocycles. The van der Waals surface area contributed by atoms with Gasteiger partial charge in [0, 0.05) is 6.04 Å². The first kappa shape index (κ1) is 18.2. The van der Waals surface area contributed by atoms with E-state index >= 15 is 0 Å². The van der Waals surface area contributed by atoms with Gasteiger partial charge in [0.1, 0.15) is 18.2 Å². The van der Waals surface area contributed by atoms with Gasteiger partial charge in [-0.05, 0) is 12.8 Å². The summed E-state index contributed by atoms with van der Waals surface area (Å²) in [5, 5.41) is 13.9. The molecule has 0 bridgehead atoms. The molecule has 2 N–H and O–H groups in total. The summed E-state index contributed by atoms with van der Waals surface area (Å²) in [6.07, 6.45) is 6.67. The van der Waals surface area contributed by atoms with Crippen LogP contribution in [-0.2, 0) is 14.2 Å². The molecule has 3 aliphatic rings. The first-order valence-electron chi connectivity index (χ1n) is 9.46. The molecule has 10 nitrogen and oxygen atoms in total. The van der Waals surface area contributed by atoms with E-state index in [4.69, 9.17) is 9.47 Å². The van der Waals surface area contributed by atoms with Gasteiger partial charge in [0.2, 0.25) is 0 Å². The van der Waals surface area contributed by atoms with E-state index in [9.17, 15) is 9.59 Å². The van der Waals surface area contributed by atoms with E-state index in [-0.39, 0.29) is 42.1 Å². The second-order valence-electron chi connectivity index (χ2n) is 7.30. The van der Waals surface area contributed by atoms with Gasteiger partial charge >= 0.3 is 12.0 Å². The van der Waals surface area contributed by atoms with Crippen molar-refractivity contribution in [3.63, 3.8) is 0 Å². The molecule has 0 radical (unpaired) electrons. The lowest BCUT2D eigenvalue weighted by molar-refractivity contribution is 0.0592. The fourth-order valence-electron chi connectivity index (χ4n) is 4.11. The van der Waals surface area contributed by atoms with Gasteiger partial charge in [0.15, 0.2) is 5.69 Å². The Morgan fingerprint density at radius 2 is 1.93 bits per heavy atom. The van der Waals surface area contributed by atoms with Gasteiger partial charge in [-0.1, -0.05) is 24.5 Å². The van der Waals surface area contributed by atoms with Crippen molar-refractivity contribution >= 4 is 12.0 Å². The number of ether oxygens (including phenoxy) is 3. The number of esters is 1. The Morgan fingerprint density at radius 1 is 1.15 bits per heavy atom. The monoisotopic (exact) mass is 379 g/mol. The zero-order valence-corrected chi connectivity index (χ0v) is 15.3. The number of amides is 2. The molecular formula is C17H25N5O5. The number of methoxy groups -OCH3 is 1. The molecule has 3 fully saturated rings. The molecule has 4 atom stereocenters. The van der Waals surface area contributed by atoms with Crippen molar-refractivity contribution in [2.75, 3.05) is 20.3 Å². The molecule has 2 saturated heterocycles. The highest BCUT2D eigenvalue weighted by atomic mass is 16.6. The fraction of sp³-hybridized carbons (Fsp3) is 0.765. The van der Waals surface area contributed by atoms with Crippen molar-refractivity contribution < 1.29 is 23.8 Å². The maximum Gasteiger partial charge on any atom is 0.360 e. The van der Waals surface area contributed by atoms with Crippen LogP contribution in [0.25, 0.3) is 0 Å². The number of rotatable bonds is 4. The number of hydrogen-bond donors (Lipinski definition) is 2. The maximum absolute atomic E-state index is 12.3. The Hall–Kier alpha value is -2.20. The van der Waals surface area contributed by atoms with Crippen LogP contribution in [0.15, 0.2) is 6.20 Å². The van der Waals surface area contributed by atoms with E-state index in [0.29, 0.717) is 13.2 Å². The first-order valence-corrected chi connectivity index (χ1v) is 9.46. The second kappa shape index (κ2) is 7.81. The van der Waals surface area contributed by atoms with E-state index in [2.05, 4.69) is 25.7 Å². The van der Waals surface area contributed by atoms with Crippen LogP contribution in [0.2, 0.25) is 0 Å². The zero-order chi connectivity index (χ0) is 18.8.